The first-order valence-electron chi connectivity index (χ1n) is 5.92. The van der Waals surface area contributed by atoms with Gasteiger partial charge in [-0.1, -0.05) is 17.4 Å². The number of anilines is 1. The minimum atomic E-state index is -5.49. The molecule has 0 aliphatic rings. The van der Waals surface area contributed by atoms with Gasteiger partial charge in [-0.25, -0.2) is 18.2 Å². The molecule has 2 N–H and O–H groups in total. The molecule has 0 fully saturated rings. The maximum atomic E-state index is 12.7. The SMILES string of the molecule is CCNC(=O)Nc1nc2cccc(S(=O)(=O)C(F)(F)F)c2s1. The monoisotopic (exact) mass is 353 g/mol. The zero-order valence-electron chi connectivity index (χ0n) is 11.1. The van der Waals surface area contributed by atoms with Gasteiger partial charge in [-0.15, -0.1) is 0 Å². The lowest BCUT2D eigenvalue weighted by atomic mass is 10.3. The Morgan fingerprint density at radius 2 is 2.05 bits per heavy atom. The smallest absolute Gasteiger partial charge is 0.338 e. The van der Waals surface area contributed by atoms with Crippen molar-refractivity contribution >= 4 is 42.6 Å². The van der Waals surface area contributed by atoms with Crippen molar-refractivity contribution in [1.82, 2.24) is 10.3 Å². The van der Waals surface area contributed by atoms with Crippen molar-refractivity contribution in [2.45, 2.75) is 17.3 Å². The van der Waals surface area contributed by atoms with E-state index in [4.69, 9.17) is 0 Å². The molecule has 0 aliphatic heterocycles. The summed E-state index contributed by atoms with van der Waals surface area (Å²) in [5.74, 6) is 0. The summed E-state index contributed by atoms with van der Waals surface area (Å²) in [6.45, 7) is 2.04. The number of sulfone groups is 1. The van der Waals surface area contributed by atoms with E-state index < -0.39 is 26.3 Å². The number of nitrogens with zero attached hydrogens (tertiary/aromatic N) is 1. The number of urea groups is 1. The van der Waals surface area contributed by atoms with Crippen LogP contribution < -0.4 is 10.6 Å². The molecule has 22 heavy (non-hydrogen) atoms. The lowest BCUT2D eigenvalue weighted by Crippen LogP contribution is -2.28. The fourth-order valence-electron chi connectivity index (χ4n) is 1.62. The maximum Gasteiger partial charge on any atom is 0.501 e. The van der Waals surface area contributed by atoms with Crippen LogP contribution in [0.15, 0.2) is 23.1 Å². The number of amides is 2. The van der Waals surface area contributed by atoms with E-state index in [1.165, 1.54) is 6.07 Å². The fraction of sp³-hybridized carbons (Fsp3) is 0.273. The Bertz CT molecular complexity index is 815. The highest BCUT2D eigenvalue weighted by Gasteiger charge is 2.47. The standard InChI is InChI=1S/C11H10F3N3O3S2/c1-2-15-9(18)17-10-16-6-4-3-5-7(8(6)21-10)22(19,20)11(12,13)14/h3-5H,2H2,1H3,(H2,15,16,17,18). The number of halogens is 3. The van der Waals surface area contributed by atoms with Crippen molar-refractivity contribution in [3.8, 4) is 0 Å². The highest BCUT2D eigenvalue weighted by Crippen LogP contribution is 2.37. The van der Waals surface area contributed by atoms with Crippen LogP contribution in [0.1, 0.15) is 6.92 Å². The molecule has 0 aliphatic carbocycles. The molecule has 2 aromatic rings. The van der Waals surface area contributed by atoms with Gasteiger partial charge in [0.1, 0.15) is 0 Å². The van der Waals surface area contributed by atoms with E-state index in [1.807, 2.05) is 0 Å². The second-order valence-corrected chi connectivity index (χ2v) is 6.97. The van der Waals surface area contributed by atoms with Crippen molar-refractivity contribution in [3.63, 3.8) is 0 Å². The van der Waals surface area contributed by atoms with E-state index in [9.17, 15) is 26.4 Å². The summed E-state index contributed by atoms with van der Waals surface area (Å²) in [4.78, 5) is 14.4. The molecule has 0 atom stereocenters. The number of benzene rings is 1. The van der Waals surface area contributed by atoms with E-state index >= 15 is 0 Å². The number of thiazole rings is 1. The molecule has 0 saturated heterocycles. The minimum Gasteiger partial charge on any atom is -0.338 e. The second-order valence-electron chi connectivity index (χ2n) is 4.06. The molecule has 6 nitrogen and oxygen atoms in total. The number of hydrogen-bond acceptors (Lipinski definition) is 5. The summed E-state index contributed by atoms with van der Waals surface area (Å²) in [6, 6.07) is 2.81. The molecule has 120 valence electrons. The molecule has 0 bridgehead atoms. The molecule has 0 unspecified atom stereocenters. The Kier molecular flexibility index (Phi) is 4.29. The molecule has 1 aromatic heterocycles. The molecule has 2 amide bonds. The summed E-state index contributed by atoms with van der Waals surface area (Å²) in [7, 11) is -5.49. The van der Waals surface area contributed by atoms with E-state index in [1.54, 1.807) is 6.92 Å². The molecule has 0 radical (unpaired) electrons. The van der Waals surface area contributed by atoms with Crippen LogP contribution in [0.4, 0.5) is 23.1 Å². The van der Waals surface area contributed by atoms with Gasteiger partial charge >= 0.3 is 11.5 Å². The third kappa shape index (κ3) is 2.99. The minimum absolute atomic E-state index is 0.00535. The average molecular weight is 353 g/mol. The van der Waals surface area contributed by atoms with Gasteiger partial charge in [-0.05, 0) is 19.1 Å². The van der Waals surface area contributed by atoms with Crippen LogP contribution in [0.3, 0.4) is 0 Å². The van der Waals surface area contributed by atoms with Gasteiger partial charge in [0.05, 0.1) is 15.1 Å². The summed E-state index contributed by atoms with van der Waals surface area (Å²) in [6.07, 6.45) is 0. The third-order valence-electron chi connectivity index (χ3n) is 2.53. The van der Waals surface area contributed by atoms with E-state index in [0.717, 1.165) is 12.1 Å². The average Bonchev–Trinajstić information content (AvgIpc) is 2.79. The molecular formula is C11H10F3N3O3S2. The van der Waals surface area contributed by atoms with Crippen molar-refractivity contribution < 1.29 is 26.4 Å². The lowest BCUT2D eigenvalue weighted by Gasteiger charge is -2.08. The first-order chi connectivity index (χ1) is 10.2. The van der Waals surface area contributed by atoms with Crippen LogP contribution in [0, 0.1) is 0 Å². The molecular weight excluding hydrogens is 343 g/mol. The van der Waals surface area contributed by atoms with Crippen LogP contribution in [-0.2, 0) is 9.84 Å². The van der Waals surface area contributed by atoms with Crippen molar-refractivity contribution in [1.29, 1.82) is 0 Å². The van der Waals surface area contributed by atoms with Gasteiger partial charge in [0.2, 0.25) is 0 Å². The van der Waals surface area contributed by atoms with E-state index in [-0.39, 0.29) is 15.3 Å². The van der Waals surface area contributed by atoms with E-state index in [0.29, 0.717) is 17.9 Å². The topological polar surface area (TPSA) is 88.2 Å². The third-order valence-corrected chi connectivity index (χ3v) is 5.21. The summed E-state index contributed by atoms with van der Waals surface area (Å²) < 4.78 is 61.0. The molecule has 11 heteroatoms. The lowest BCUT2D eigenvalue weighted by molar-refractivity contribution is -0.0435. The number of carbonyl (C=O) groups excluding carboxylic acids is 1. The van der Waals surface area contributed by atoms with Crippen LogP contribution in [0.2, 0.25) is 0 Å². The van der Waals surface area contributed by atoms with Gasteiger partial charge in [0.25, 0.3) is 9.84 Å². The van der Waals surface area contributed by atoms with Crippen LogP contribution in [-0.4, -0.2) is 31.5 Å². The summed E-state index contributed by atoms with van der Waals surface area (Å²) >= 11 is 0.659. The zero-order chi connectivity index (χ0) is 16.5. The number of rotatable bonds is 3. The highest BCUT2D eigenvalue weighted by molar-refractivity contribution is 7.92. The molecule has 1 aromatic carbocycles. The Labute approximate surface area is 127 Å². The van der Waals surface area contributed by atoms with Gasteiger partial charge in [0, 0.05) is 6.54 Å². The molecule has 1 heterocycles. The number of aromatic nitrogens is 1. The quantitative estimate of drug-likeness (QED) is 0.888. The van der Waals surface area contributed by atoms with E-state index in [2.05, 4.69) is 15.6 Å². The Morgan fingerprint density at radius 1 is 1.36 bits per heavy atom. The van der Waals surface area contributed by atoms with Crippen LogP contribution in [0.25, 0.3) is 10.2 Å². The van der Waals surface area contributed by atoms with Crippen LogP contribution in [0.5, 0.6) is 0 Å². The maximum absolute atomic E-state index is 12.7. The molecule has 0 spiro atoms. The van der Waals surface area contributed by atoms with Crippen molar-refractivity contribution in [2.24, 2.45) is 0 Å². The fourth-order valence-corrected chi connectivity index (χ4v) is 3.79. The summed E-state index contributed by atoms with van der Waals surface area (Å²) in [5.41, 5.74) is -5.35. The molecule has 2 rings (SSSR count). The van der Waals surface area contributed by atoms with Gasteiger partial charge < -0.3 is 5.32 Å². The largest absolute Gasteiger partial charge is 0.501 e. The Balaban J connectivity index is 2.51. The van der Waals surface area contributed by atoms with Gasteiger partial charge in [-0.3, -0.25) is 5.32 Å². The number of carbonyl (C=O) groups is 1. The first-order valence-corrected chi connectivity index (χ1v) is 8.22. The second kappa shape index (κ2) is 5.72. The predicted molar refractivity (Wildman–Crippen MR) is 75.6 cm³/mol. The normalized spacial score (nSPS) is 12.4. The number of nitrogens with one attached hydrogen (secondary N) is 2. The summed E-state index contributed by atoms with van der Waals surface area (Å²) in [5, 5.41) is 4.76. The predicted octanol–water partition coefficient (Wildman–Crippen LogP) is 2.73. The van der Waals surface area contributed by atoms with Crippen molar-refractivity contribution in [3.05, 3.63) is 18.2 Å². The van der Waals surface area contributed by atoms with Crippen LogP contribution >= 0.6 is 11.3 Å². The Hall–Kier alpha value is -1.88. The van der Waals surface area contributed by atoms with Gasteiger partial charge in [0.15, 0.2) is 5.13 Å². The Morgan fingerprint density at radius 3 is 2.64 bits per heavy atom. The highest BCUT2D eigenvalue weighted by atomic mass is 32.2. The number of hydrogen-bond donors (Lipinski definition) is 2. The van der Waals surface area contributed by atoms with Gasteiger partial charge in [-0.2, -0.15) is 13.2 Å². The molecule has 0 saturated carbocycles. The first kappa shape index (κ1) is 16.5. The number of alkyl halides is 3. The zero-order valence-corrected chi connectivity index (χ0v) is 12.7. The van der Waals surface area contributed by atoms with Crippen molar-refractivity contribution in [2.75, 3.05) is 11.9 Å². The number of fused-ring (bicyclic) bond motifs is 1.